The number of aldehydes is 1. The van der Waals surface area contributed by atoms with Gasteiger partial charge in [-0.3, -0.25) is 4.79 Å². The van der Waals surface area contributed by atoms with Crippen LogP contribution in [0.3, 0.4) is 0 Å². The third kappa shape index (κ3) is 1.59. The first kappa shape index (κ1) is 10.4. The number of fused-ring (bicyclic) bond motifs is 1. The van der Waals surface area contributed by atoms with Crippen LogP contribution >= 0.6 is 15.9 Å². The number of hydrogen-bond donors (Lipinski definition) is 0. The van der Waals surface area contributed by atoms with E-state index in [0.717, 1.165) is 22.0 Å². The number of halogens is 1. The summed E-state index contributed by atoms with van der Waals surface area (Å²) in [7, 11) is 0. The van der Waals surface area contributed by atoms with Crippen LogP contribution in [-0.4, -0.2) is 18.7 Å². The Labute approximate surface area is 96.2 Å². The van der Waals surface area contributed by atoms with Crippen LogP contribution in [0.4, 0.5) is 5.69 Å². The van der Waals surface area contributed by atoms with Crippen molar-refractivity contribution in [1.82, 2.24) is 0 Å². The Morgan fingerprint density at radius 3 is 2.93 bits per heavy atom. The second kappa shape index (κ2) is 3.77. The highest BCUT2D eigenvalue weighted by atomic mass is 79.9. The van der Waals surface area contributed by atoms with Crippen molar-refractivity contribution in [2.45, 2.75) is 12.8 Å². The molecular weight excluding hydrogens is 258 g/mol. The summed E-state index contributed by atoms with van der Waals surface area (Å²) in [6.45, 7) is 1.97. The normalized spacial score (nSPS) is 18.8. The topological polar surface area (TPSA) is 37.4 Å². The first-order chi connectivity index (χ1) is 7.15. The zero-order chi connectivity index (χ0) is 11.0. The quantitative estimate of drug-likeness (QED) is 0.731. The lowest BCUT2D eigenvalue weighted by atomic mass is 10.0. The molecule has 3 nitrogen and oxygen atoms in total. The van der Waals surface area contributed by atoms with Gasteiger partial charge < -0.3 is 9.69 Å². The molecule has 0 aromatic heterocycles. The molecule has 1 heterocycles. The molecule has 15 heavy (non-hydrogen) atoms. The van der Waals surface area contributed by atoms with Gasteiger partial charge in [-0.05, 0) is 12.1 Å². The molecule has 0 aliphatic carbocycles. The van der Waals surface area contributed by atoms with Crippen LogP contribution in [0.25, 0.3) is 0 Å². The van der Waals surface area contributed by atoms with Crippen LogP contribution < -0.4 is 4.90 Å². The number of carbonyl (C=O) groups is 2. The van der Waals surface area contributed by atoms with Gasteiger partial charge in [0.25, 0.3) is 0 Å². The van der Waals surface area contributed by atoms with Gasteiger partial charge >= 0.3 is 0 Å². The Kier molecular flexibility index (Phi) is 2.61. The van der Waals surface area contributed by atoms with Crippen molar-refractivity contribution in [1.29, 1.82) is 0 Å². The van der Waals surface area contributed by atoms with Crippen molar-refractivity contribution in [3.63, 3.8) is 0 Å². The molecule has 78 valence electrons. The monoisotopic (exact) mass is 267 g/mol. The summed E-state index contributed by atoms with van der Waals surface area (Å²) in [4.78, 5) is 23.9. The van der Waals surface area contributed by atoms with E-state index in [1.54, 1.807) is 4.90 Å². The van der Waals surface area contributed by atoms with Gasteiger partial charge in [-0.2, -0.15) is 0 Å². The van der Waals surface area contributed by atoms with Crippen LogP contribution in [0.1, 0.15) is 18.4 Å². The molecular formula is C11H10BrNO2. The van der Waals surface area contributed by atoms with Crippen molar-refractivity contribution in [2.24, 2.45) is 0 Å². The lowest BCUT2D eigenvalue weighted by molar-refractivity contribution is -0.116. The SMILES string of the molecule is CC(=O)N1CC(C=O)c2c(Br)cccc21. The Hall–Kier alpha value is -1.16. The summed E-state index contributed by atoms with van der Waals surface area (Å²) in [5.41, 5.74) is 1.76. The molecule has 1 atom stereocenters. The van der Waals surface area contributed by atoms with Crippen LogP contribution in [0.5, 0.6) is 0 Å². The number of rotatable bonds is 1. The third-order valence-electron chi connectivity index (χ3n) is 2.62. The maximum Gasteiger partial charge on any atom is 0.223 e. The Balaban J connectivity index is 2.56. The van der Waals surface area contributed by atoms with E-state index >= 15 is 0 Å². The molecule has 1 aromatic carbocycles. The molecule has 2 rings (SSSR count). The van der Waals surface area contributed by atoms with Crippen molar-refractivity contribution >= 4 is 33.8 Å². The first-order valence-electron chi connectivity index (χ1n) is 4.67. The first-order valence-corrected chi connectivity index (χ1v) is 5.46. The van der Waals surface area contributed by atoms with Gasteiger partial charge in [0.1, 0.15) is 6.29 Å². The molecule has 0 saturated heterocycles. The summed E-state index contributed by atoms with van der Waals surface area (Å²) < 4.78 is 0.890. The summed E-state index contributed by atoms with van der Waals surface area (Å²) in [6, 6.07) is 5.62. The standard InChI is InChI=1S/C11H10BrNO2/c1-7(15)13-5-8(6-14)11-9(12)3-2-4-10(11)13/h2-4,6,8H,5H2,1H3. The minimum Gasteiger partial charge on any atom is -0.311 e. The predicted molar refractivity (Wildman–Crippen MR) is 61.0 cm³/mol. The highest BCUT2D eigenvalue weighted by Gasteiger charge is 2.31. The fourth-order valence-electron chi connectivity index (χ4n) is 1.92. The van der Waals surface area contributed by atoms with E-state index in [1.165, 1.54) is 6.92 Å². The largest absolute Gasteiger partial charge is 0.311 e. The highest BCUT2D eigenvalue weighted by molar-refractivity contribution is 9.10. The third-order valence-corrected chi connectivity index (χ3v) is 3.31. The lowest BCUT2D eigenvalue weighted by Crippen LogP contribution is -2.27. The average Bonchev–Trinajstić information content (AvgIpc) is 2.58. The average molecular weight is 268 g/mol. The van der Waals surface area contributed by atoms with Gasteiger partial charge in [0.15, 0.2) is 0 Å². The van der Waals surface area contributed by atoms with E-state index in [4.69, 9.17) is 0 Å². The van der Waals surface area contributed by atoms with Crippen LogP contribution in [0.15, 0.2) is 22.7 Å². The van der Waals surface area contributed by atoms with Gasteiger partial charge in [0, 0.05) is 29.2 Å². The van der Waals surface area contributed by atoms with Crippen LogP contribution in [-0.2, 0) is 9.59 Å². The van der Waals surface area contributed by atoms with Gasteiger partial charge in [0.2, 0.25) is 5.91 Å². The minimum atomic E-state index is -0.209. The van der Waals surface area contributed by atoms with Crippen molar-refractivity contribution in [3.05, 3.63) is 28.2 Å². The van der Waals surface area contributed by atoms with Gasteiger partial charge in [-0.15, -0.1) is 0 Å². The van der Waals surface area contributed by atoms with E-state index in [0.29, 0.717) is 6.54 Å². The zero-order valence-corrected chi connectivity index (χ0v) is 9.82. The number of amides is 1. The minimum absolute atomic E-state index is 0.0290. The maximum atomic E-state index is 11.4. The maximum absolute atomic E-state index is 11.4. The number of nitrogens with zero attached hydrogens (tertiary/aromatic N) is 1. The van der Waals surface area contributed by atoms with Crippen LogP contribution in [0.2, 0.25) is 0 Å². The molecule has 0 saturated carbocycles. The fourth-order valence-corrected chi connectivity index (χ4v) is 2.57. The molecule has 4 heteroatoms. The molecule has 1 aliphatic rings. The Morgan fingerprint density at radius 1 is 1.60 bits per heavy atom. The van der Waals surface area contributed by atoms with E-state index in [1.807, 2.05) is 18.2 Å². The van der Waals surface area contributed by atoms with Crippen molar-refractivity contribution in [3.8, 4) is 0 Å². The van der Waals surface area contributed by atoms with Gasteiger partial charge in [-0.1, -0.05) is 22.0 Å². The Bertz CT molecular complexity index is 431. The summed E-state index contributed by atoms with van der Waals surface area (Å²) in [5.74, 6) is -0.238. The molecule has 0 fully saturated rings. The smallest absolute Gasteiger partial charge is 0.223 e. The summed E-state index contributed by atoms with van der Waals surface area (Å²) >= 11 is 3.41. The molecule has 1 aliphatic heterocycles. The number of hydrogen-bond acceptors (Lipinski definition) is 2. The summed E-state index contributed by atoms with van der Waals surface area (Å²) in [6.07, 6.45) is 0.895. The van der Waals surface area contributed by atoms with Crippen LogP contribution in [0, 0.1) is 0 Å². The molecule has 1 unspecified atom stereocenters. The summed E-state index contributed by atoms with van der Waals surface area (Å²) in [5, 5.41) is 0. The van der Waals surface area contributed by atoms with E-state index < -0.39 is 0 Å². The number of benzene rings is 1. The van der Waals surface area contributed by atoms with Crippen molar-refractivity contribution < 1.29 is 9.59 Å². The van der Waals surface area contributed by atoms with Gasteiger partial charge in [0.05, 0.1) is 5.92 Å². The van der Waals surface area contributed by atoms with Gasteiger partial charge in [-0.25, -0.2) is 0 Å². The molecule has 0 bridgehead atoms. The van der Waals surface area contributed by atoms with Crippen molar-refractivity contribution in [2.75, 3.05) is 11.4 Å². The highest BCUT2D eigenvalue weighted by Crippen LogP contribution is 2.39. The lowest BCUT2D eigenvalue weighted by Gasteiger charge is -2.14. The van der Waals surface area contributed by atoms with E-state index in [2.05, 4.69) is 15.9 Å². The number of anilines is 1. The number of carbonyl (C=O) groups excluding carboxylic acids is 2. The fraction of sp³-hybridized carbons (Fsp3) is 0.273. The predicted octanol–water partition coefficient (Wildman–Crippen LogP) is 2.10. The molecule has 0 N–H and O–H groups in total. The molecule has 0 spiro atoms. The van der Waals surface area contributed by atoms with E-state index in [9.17, 15) is 9.59 Å². The second-order valence-corrected chi connectivity index (χ2v) is 4.40. The Morgan fingerprint density at radius 2 is 2.33 bits per heavy atom. The molecule has 1 amide bonds. The zero-order valence-electron chi connectivity index (χ0n) is 8.24. The molecule has 1 aromatic rings. The van der Waals surface area contributed by atoms with E-state index in [-0.39, 0.29) is 11.8 Å². The second-order valence-electron chi connectivity index (χ2n) is 3.54. The molecule has 0 radical (unpaired) electrons.